The first-order chi connectivity index (χ1) is 11.2. The quantitative estimate of drug-likeness (QED) is 0.841. The molecule has 3 heterocycles. The molecule has 1 saturated heterocycles. The Morgan fingerprint density at radius 3 is 2.22 bits per heavy atom. The zero-order valence-corrected chi connectivity index (χ0v) is 14.0. The van der Waals surface area contributed by atoms with Crippen LogP contribution >= 0.6 is 0 Å². The summed E-state index contributed by atoms with van der Waals surface area (Å²) < 4.78 is 0. The van der Waals surface area contributed by atoms with Gasteiger partial charge in [-0.1, -0.05) is 6.92 Å². The maximum absolute atomic E-state index is 4.40. The third-order valence-corrected chi connectivity index (χ3v) is 4.09. The molecule has 0 bridgehead atoms. The molecule has 7 heteroatoms. The van der Waals surface area contributed by atoms with Crippen LogP contribution < -0.4 is 14.7 Å². The number of piperazine rings is 1. The highest BCUT2D eigenvalue weighted by molar-refractivity contribution is 5.47. The summed E-state index contributed by atoms with van der Waals surface area (Å²) in [5, 5.41) is 8.59. The molecule has 0 unspecified atom stereocenters. The molecule has 7 nitrogen and oxygen atoms in total. The van der Waals surface area contributed by atoms with E-state index >= 15 is 0 Å². The van der Waals surface area contributed by atoms with Crippen LogP contribution in [0.25, 0.3) is 0 Å². The molecule has 0 saturated carbocycles. The molecule has 2 aromatic heterocycles. The van der Waals surface area contributed by atoms with Gasteiger partial charge >= 0.3 is 0 Å². The molecule has 0 aliphatic carbocycles. The van der Waals surface area contributed by atoms with Gasteiger partial charge in [-0.3, -0.25) is 0 Å². The summed E-state index contributed by atoms with van der Waals surface area (Å²) in [6, 6.07) is 6.13. The second-order valence-electron chi connectivity index (χ2n) is 5.84. The van der Waals surface area contributed by atoms with E-state index < -0.39 is 0 Å². The van der Waals surface area contributed by atoms with E-state index in [0.717, 1.165) is 55.7 Å². The topological polar surface area (TPSA) is 61.3 Å². The van der Waals surface area contributed by atoms with E-state index in [4.69, 9.17) is 0 Å². The van der Waals surface area contributed by atoms with Crippen molar-refractivity contribution in [3.05, 3.63) is 30.2 Å². The van der Waals surface area contributed by atoms with E-state index in [9.17, 15) is 0 Å². The van der Waals surface area contributed by atoms with E-state index in [-0.39, 0.29) is 0 Å². The SMILES string of the molecule is CCc1cc(N2CCN(c3ccc(N(C)C)nn3)CC2)ncn1. The number of aryl methyl sites for hydroxylation is 1. The third-order valence-electron chi connectivity index (χ3n) is 4.09. The molecular weight excluding hydrogens is 290 g/mol. The third kappa shape index (κ3) is 3.49. The van der Waals surface area contributed by atoms with Crippen LogP contribution in [0.5, 0.6) is 0 Å². The van der Waals surface area contributed by atoms with Crippen LogP contribution in [0, 0.1) is 0 Å². The van der Waals surface area contributed by atoms with Crippen LogP contribution in [-0.2, 0) is 6.42 Å². The predicted octanol–water partition coefficient (Wildman–Crippen LogP) is 1.22. The number of nitrogens with zero attached hydrogens (tertiary/aromatic N) is 7. The van der Waals surface area contributed by atoms with Crippen LogP contribution in [0.4, 0.5) is 17.5 Å². The lowest BCUT2D eigenvalue weighted by molar-refractivity contribution is 0.636. The van der Waals surface area contributed by atoms with Crippen LogP contribution in [0.3, 0.4) is 0 Å². The number of aromatic nitrogens is 4. The first-order valence-corrected chi connectivity index (χ1v) is 7.99. The second-order valence-corrected chi connectivity index (χ2v) is 5.84. The van der Waals surface area contributed by atoms with Crippen molar-refractivity contribution >= 4 is 17.5 Å². The molecule has 122 valence electrons. The van der Waals surface area contributed by atoms with Gasteiger partial charge in [0.05, 0.1) is 0 Å². The normalized spacial score (nSPS) is 14.9. The Bertz CT molecular complexity index is 633. The molecule has 23 heavy (non-hydrogen) atoms. The van der Waals surface area contributed by atoms with Crippen LogP contribution in [-0.4, -0.2) is 60.4 Å². The molecule has 0 atom stereocenters. The van der Waals surface area contributed by atoms with Crippen molar-refractivity contribution in [2.45, 2.75) is 13.3 Å². The number of anilines is 3. The summed E-state index contributed by atoms with van der Waals surface area (Å²) in [7, 11) is 3.93. The highest BCUT2D eigenvalue weighted by atomic mass is 15.3. The van der Waals surface area contributed by atoms with Crippen molar-refractivity contribution < 1.29 is 0 Å². The molecule has 0 spiro atoms. The maximum atomic E-state index is 4.40. The molecule has 0 radical (unpaired) electrons. The van der Waals surface area contributed by atoms with Gasteiger partial charge in [0.25, 0.3) is 0 Å². The van der Waals surface area contributed by atoms with E-state index in [1.54, 1.807) is 6.33 Å². The van der Waals surface area contributed by atoms with Crippen molar-refractivity contribution in [1.82, 2.24) is 20.2 Å². The monoisotopic (exact) mass is 313 g/mol. The molecule has 2 aromatic rings. The van der Waals surface area contributed by atoms with Crippen molar-refractivity contribution in [3.8, 4) is 0 Å². The largest absolute Gasteiger partial charge is 0.361 e. The molecule has 0 N–H and O–H groups in total. The Morgan fingerprint density at radius 2 is 1.65 bits per heavy atom. The Balaban J connectivity index is 1.63. The number of hydrogen-bond acceptors (Lipinski definition) is 7. The van der Waals surface area contributed by atoms with Crippen LogP contribution in [0.1, 0.15) is 12.6 Å². The first-order valence-electron chi connectivity index (χ1n) is 7.99. The predicted molar refractivity (Wildman–Crippen MR) is 92.2 cm³/mol. The average molecular weight is 313 g/mol. The molecular formula is C16H23N7. The summed E-state index contributed by atoms with van der Waals surface area (Å²) in [6.45, 7) is 5.80. The summed E-state index contributed by atoms with van der Waals surface area (Å²) in [5.74, 6) is 2.83. The van der Waals surface area contributed by atoms with Gasteiger partial charge in [0.15, 0.2) is 11.6 Å². The van der Waals surface area contributed by atoms with Gasteiger partial charge in [-0.05, 0) is 18.6 Å². The van der Waals surface area contributed by atoms with Gasteiger partial charge in [0.1, 0.15) is 12.1 Å². The minimum atomic E-state index is 0.875. The van der Waals surface area contributed by atoms with E-state index in [1.165, 1.54) is 0 Å². The summed E-state index contributed by atoms with van der Waals surface area (Å²) in [5.41, 5.74) is 1.09. The Hall–Kier alpha value is -2.44. The summed E-state index contributed by atoms with van der Waals surface area (Å²) in [6.07, 6.45) is 2.59. The van der Waals surface area contributed by atoms with E-state index in [2.05, 4.69) is 43.0 Å². The van der Waals surface area contributed by atoms with Gasteiger partial charge in [-0.15, -0.1) is 10.2 Å². The van der Waals surface area contributed by atoms with Crippen molar-refractivity contribution in [2.24, 2.45) is 0 Å². The standard InChI is InChI=1S/C16H23N7/c1-4-13-11-16(18-12-17-13)23-9-7-22(8-10-23)15-6-5-14(19-20-15)21(2)3/h5-6,11-12H,4,7-10H2,1-3H3. The Kier molecular flexibility index (Phi) is 4.55. The Labute approximate surface area is 137 Å². The van der Waals surface area contributed by atoms with Crippen molar-refractivity contribution in [2.75, 3.05) is 55.0 Å². The van der Waals surface area contributed by atoms with E-state index in [0.29, 0.717) is 0 Å². The number of hydrogen-bond donors (Lipinski definition) is 0. The zero-order valence-electron chi connectivity index (χ0n) is 14.0. The van der Waals surface area contributed by atoms with Crippen LogP contribution in [0.2, 0.25) is 0 Å². The highest BCUT2D eigenvalue weighted by Crippen LogP contribution is 2.18. The van der Waals surface area contributed by atoms with E-state index in [1.807, 2.05) is 31.1 Å². The average Bonchev–Trinajstić information content (AvgIpc) is 2.62. The maximum Gasteiger partial charge on any atom is 0.151 e. The van der Waals surface area contributed by atoms with Crippen molar-refractivity contribution in [1.29, 1.82) is 0 Å². The smallest absolute Gasteiger partial charge is 0.151 e. The fraction of sp³-hybridized carbons (Fsp3) is 0.500. The highest BCUT2D eigenvalue weighted by Gasteiger charge is 2.19. The van der Waals surface area contributed by atoms with Crippen molar-refractivity contribution in [3.63, 3.8) is 0 Å². The molecule has 1 aliphatic heterocycles. The molecule has 1 aliphatic rings. The Morgan fingerprint density at radius 1 is 0.957 bits per heavy atom. The fourth-order valence-electron chi connectivity index (χ4n) is 2.64. The fourth-order valence-corrected chi connectivity index (χ4v) is 2.64. The molecule has 0 amide bonds. The summed E-state index contributed by atoms with van der Waals surface area (Å²) in [4.78, 5) is 15.2. The molecule has 1 fully saturated rings. The first kappa shape index (κ1) is 15.5. The van der Waals surface area contributed by atoms with Crippen LogP contribution in [0.15, 0.2) is 24.5 Å². The van der Waals surface area contributed by atoms with Gasteiger partial charge in [0.2, 0.25) is 0 Å². The van der Waals surface area contributed by atoms with Gasteiger partial charge in [-0.25, -0.2) is 9.97 Å². The second kappa shape index (κ2) is 6.76. The minimum absolute atomic E-state index is 0.875. The lowest BCUT2D eigenvalue weighted by Crippen LogP contribution is -2.47. The lowest BCUT2D eigenvalue weighted by Gasteiger charge is -2.35. The lowest BCUT2D eigenvalue weighted by atomic mass is 10.2. The van der Waals surface area contributed by atoms with Gasteiger partial charge in [0, 0.05) is 52.0 Å². The molecule has 0 aromatic carbocycles. The number of rotatable bonds is 4. The van der Waals surface area contributed by atoms with Gasteiger partial charge < -0.3 is 14.7 Å². The van der Waals surface area contributed by atoms with Gasteiger partial charge in [-0.2, -0.15) is 0 Å². The minimum Gasteiger partial charge on any atom is -0.361 e. The molecule has 3 rings (SSSR count). The summed E-state index contributed by atoms with van der Waals surface area (Å²) >= 11 is 0. The zero-order chi connectivity index (χ0) is 16.2.